The van der Waals surface area contributed by atoms with Gasteiger partial charge < -0.3 is 10.1 Å². The number of methoxy groups -OCH3 is 1. The molecule has 0 aliphatic heterocycles. The lowest BCUT2D eigenvalue weighted by molar-refractivity contribution is -0.137. The van der Waals surface area contributed by atoms with Crippen molar-refractivity contribution in [3.05, 3.63) is 0 Å². The van der Waals surface area contributed by atoms with Crippen molar-refractivity contribution >= 4 is 17.7 Å². The van der Waals surface area contributed by atoms with Crippen LogP contribution in [-0.2, 0) is 9.53 Å². The van der Waals surface area contributed by atoms with E-state index in [4.69, 9.17) is 0 Å². The van der Waals surface area contributed by atoms with Crippen LogP contribution in [0.4, 0.5) is 0 Å². The zero-order valence-corrected chi connectivity index (χ0v) is 11.7. The third-order valence-electron chi connectivity index (χ3n) is 2.73. The Hall–Kier alpha value is -0.220. The van der Waals surface area contributed by atoms with Gasteiger partial charge in [-0.05, 0) is 18.9 Å². The van der Waals surface area contributed by atoms with Crippen LogP contribution in [0, 0.1) is 5.92 Å². The average molecular weight is 247 g/mol. The number of carbonyl (C=O) groups is 1. The fourth-order valence-electron chi connectivity index (χ4n) is 1.37. The first-order valence-electron chi connectivity index (χ1n) is 6.03. The largest absolute Gasteiger partial charge is 0.468 e. The molecule has 0 saturated heterocycles. The third kappa shape index (κ3) is 7.12. The van der Waals surface area contributed by atoms with E-state index in [0.29, 0.717) is 17.7 Å². The van der Waals surface area contributed by atoms with Crippen LogP contribution in [0.1, 0.15) is 33.6 Å². The van der Waals surface area contributed by atoms with Crippen molar-refractivity contribution in [1.29, 1.82) is 0 Å². The van der Waals surface area contributed by atoms with Crippen molar-refractivity contribution in [2.75, 3.05) is 25.2 Å². The van der Waals surface area contributed by atoms with Crippen LogP contribution >= 0.6 is 11.8 Å². The van der Waals surface area contributed by atoms with E-state index in [1.807, 2.05) is 0 Å². The summed E-state index contributed by atoms with van der Waals surface area (Å²) in [5, 5.41) is 3.54. The highest BCUT2D eigenvalue weighted by atomic mass is 32.2. The highest BCUT2D eigenvalue weighted by molar-refractivity contribution is 7.99. The van der Waals surface area contributed by atoms with Gasteiger partial charge in [0.15, 0.2) is 0 Å². The summed E-state index contributed by atoms with van der Waals surface area (Å²) in [5.74, 6) is 1.95. The predicted octanol–water partition coefficient (Wildman–Crippen LogP) is 2.31. The van der Waals surface area contributed by atoms with Gasteiger partial charge in [-0.2, -0.15) is 0 Å². The number of rotatable bonds is 9. The number of carbonyl (C=O) groups excluding carboxylic acids is 1. The molecule has 0 bridgehead atoms. The zero-order valence-electron chi connectivity index (χ0n) is 10.9. The fourth-order valence-corrected chi connectivity index (χ4v) is 2.47. The Bertz CT molecular complexity index is 188. The Labute approximate surface area is 104 Å². The molecule has 0 aromatic rings. The van der Waals surface area contributed by atoms with E-state index in [0.717, 1.165) is 18.7 Å². The molecule has 1 N–H and O–H groups in total. The van der Waals surface area contributed by atoms with Crippen molar-refractivity contribution < 1.29 is 9.53 Å². The van der Waals surface area contributed by atoms with E-state index in [9.17, 15) is 4.79 Å². The van der Waals surface area contributed by atoms with Crippen LogP contribution in [0.25, 0.3) is 0 Å². The smallest absolute Gasteiger partial charge is 0.315 e. The van der Waals surface area contributed by atoms with E-state index in [1.165, 1.54) is 13.5 Å². The molecule has 4 heteroatoms. The van der Waals surface area contributed by atoms with Gasteiger partial charge in [0.05, 0.1) is 12.9 Å². The van der Waals surface area contributed by atoms with Crippen LogP contribution in [-0.4, -0.2) is 37.2 Å². The minimum atomic E-state index is -0.136. The second kappa shape index (κ2) is 9.97. The first kappa shape index (κ1) is 15.8. The van der Waals surface area contributed by atoms with Crippen LogP contribution in [0.2, 0.25) is 0 Å². The first-order chi connectivity index (χ1) is 7.65. The molecule has 0 saturated carbocycles. The molecule has 0 aromatic heterocycles. The quantitative estimate of drug-likeness (QED) is 0.635. The maximum Gasteiger partial charge on any atom is 0.315 e. The van der Waals surface area contributed by atoms with Gasteiger partial charge in [-0.1, -0.05) is 27.2 Å². The van der Waals surface area contributed by atoms with Gasteiger partial charge in [0.1, 0.15) is 0 Å². The minimum Gasteiger partial charge on any atom is -0.468 e. The molecule has 96 valence electrons. The van der Waals surface area contributed by atoms with Gasteiger partial charge in [-0.25, -0.2) is 0 Å². The van der Waals surface area contributed by atoms with Crippen LogP contribution in [0.5, 0.6) is 0 Å². The summed E-state index contributed by atoms with van der Waals surface area (Å²) in [4.78, 5) is 11.0. The highest BCUT2D eigenvalue weighted by Gasteiger charge is 2.15. The summed E-state index contributed by atoms with van der Waals surface area (Å²) in [5.41, 5.74) is 0. The molecule has 0 spiro atoms. The van der Waals surface area contributed by atoms with Crippen LogP contribution in [0.15, 0.2) is 0 Å². The SMILES string of the molecule is CCCNC(CSCC(=O)OC)C(C)CC. The Morgan fingerprint density at radius 3 is 2.62 bits per heavy atom. The average Bonchev–Trinajstić information content (AvgIpc) is 2.32. The maximum absolute atomic E-state index is 11.0. The van der Waals surface area contributed by atoms with Gasteiger partial charge in [0.2, 0.25) is 0 Å². The Balaban J connectivity index is 3.86. The molecular weight excluding hydrogens is 222 g/mol. The number of esters is 1. The van der Waals surface area contributed by atoms with E-state index >= 15 is 0 Å². The Kier molecular flexibility index (Phi) is 9.83. The van der Waals surface area contributed by atoms with Crippen molar-refractivity contribution in [2.45, 2.75) is 39.7 Å². The molecule has 0 radical (unpaired) electrons. The van der Waals surface area contributed by atoms with E-state index in [2.05, 4.69) is 30.8 Å². The summed E-state index contributed by atoms with van der Waals surface area (Å²) in [6.45, 7) is 7.68. The van der Waals surface area contributed by atoms with Crippen LogP contribution < -0.4 is 5.32 Å². The minimum absolute atomic E-state index is 0.136. The van der Waals surface area contributed by atoms with Gasteiger partial charge in [-0.3, -0.25) is 4.79 Å². The summed E-state index contributed by atoms with van der Waals surface area (Å²) in [7, 11) is 1.43. The number of nitrogens with one attached hydrogen (secondary N) is 1. The molecule has 0 aliphatic carbocycles. The van der Waals surface area contributed by atoms with Crippen molar-refractivity contribution in [3.63, 3.8) is 0 Å². The summed E-state index contributed by atoms with van der Waals surface area (Å²) in [6, 6.07) is 0.500. The maximum atomic E-state index is 11.0. The molecular formula is C12H25NO2S. The predicted molar refractivity (Wildman–Crippen MR) is 70.9 cm³/mol. The fraction of sp³-hybridized carbons (Fsp3) is 0.917. The van der Waals surface area contributed by atoms with E-state index in [1.54, 1.807) is 11.8 Å². The molecule has 0 fully saturated rings. The van der Waals surface area contributed by atoms with Crippen molar-refractivity contribution in [3.8, 4) is 0 Å². The van der Waals surface area contributed by atoms with Crippen LogP contribution in [0.3, 0.4) is 0 Å². The molecule has 0 aliphatic rings. The zero-order chi connectivity index (χ0) is 12.4. The lowest BCUT2D eigenvalue weighted by atomic mass is 10.0. The molecule has 0 amide bonds. The summed E-state index contributed by atoms with van der Waals surface area (Å²) >= 11 is 1.65. The first-order valence-corrected chi connectivity index (χ1v) is 7.19. The third-order valence-corrected chi connectivity index (χ3v) is 3.77. The summed E-state index contributed by atoms with van der Waals surface area (Å²) < 4.78 is 4.62. The second-order valence-corrected chi connectivity index (χ2v) is 5.07. The van der Waals surface area contributed by atoms with Gasteiger partial charge >= 0.3 is 5.97 Å². The molecule has 2 unspecified atom stereocenters. The number of ether oxygens (including phenoxy) is 1. The van der Waals surface area contributed by atoms with Gasteiger partial charge in [0, 0.05) is 11.8 Å². The number of thioether (sulfide) groups is 1. The topological polar surface area (TPSA) is 38.3 Å². The molecule has 0 rings (SSSR count). The normalized spacial score (nSPS) is 14.5. The molecule has 3 nitrogen and oxygen atoms in total. The van der Waals surface area contributed by atoms with Crippen molar-refractivity contribution in [1.82, 2.24) is 5.32 Å². The molecule has 2 atom stereocenters. The highest BCUT2D eigenvalue weighted by Crippen LogP contribution is 2.13. The monoisotopic (exact) mass is 247 g/mol. The second-order valence-electron chi connectivity index (χ2n) is 4.04. The van der Waals surface area contributed by atoms with Gasteiger partial charge in [0.25, 0.3) is 0 Å². The Morgan fingerprint density at radius 1 is 1.44 bits per heavy atom. The molecule has 0 heterocycles. The number of hydrogen-bond acceptors (Lipinski definition) is 4. The Morgan fingerprint density at radius 2 is 2.12 bits per heavy atom. The van der Waals surface area contributed by atoms with E-state index in [-0.39, 0.29) is 5.97 Å². The number of hydrogen-bond donors (Lipinski definition) is 1. The van der Waals surface area contributed by atoms with Crippen molar-refractivity contribution in [2.24, 2.45) is 5.92 Å². The van der Waals surface area contributed by atoms with E-state index < -0.39 is 0 Å². The standard InChI is InChI=1S/C12H25NO2S/c1-5-7-13-11(10(3)6-2)8-16-9-12(14)15-4/h10-11,13H,5-9H2,1-4H3. The molecule has 0 aromatic carbocycles. The molecule has 16 heavy (non-hydrogen) atoms. The lowest BCUT2D eigenvalue weighted by Gasteiger charge is -2.23. The summed E-state index contributed by atoms with van der Waals surface area (Å²) in [6.07, 6.45) is 2.31. The van der Waals surface area contributed by atoms with Gasteiger partial charge in [-0.15, -0.1) is 11.8 Å². The lowest BCUT2D eigenvalue weighted by Crippen LogP contribution is -2.37.